The van der Waals surface area contributed by atoms with Crippen LogP contribution in [0, 0.1) is 17.8 Å². The van der Waals surface area contributed by atoms with Gasteiger partial charge in [-0.2, -0.15) is 0 Å². The van der Waals surface area contributed by atoms with Crippen molar-refractivity contribution in [3.8, 4) is 0 Å². The molecule has 6 heteroatoms. The molecule has 2 aliphatic rings. The number of hydrogen-bond donors (Lipinski definition) is 2. The minimum Gasteiger partial charge on any atom is -0.326 e. The fourth-order valence-corrected chi connectivity index (χ4v) is 4.42. The molecule has 28 heavy (non-hydrogen) atoms. The Morgan fingerprint density at radius 1 is 1.21 bits per heavy atom. The normalized spacial score (nSPS) is 23.8. The summed E-state index contributed by atoms with van der Waals surface area (Å²) in [6, 6.07) is 8.41. The third-order valence-electron chi connectivity index (χ3n) is 6.03. The highest BCUT2D eigenvalue weighted by molar-refractivity contribution is 5.90. The number of carbonyl (C=O) groups excluding carboxylic acids is 1. The lowest BCUT2D eigenvalue weighted by Gasteiger charge is -2.30. The van der Waals surface area contributed by atoms with Crippen molar-refractivity contribution in [3.63, 3.8) is 0 Å². The number of nitrogens with zero attached hydrogens (tertiary/aromatic N) is 1. The van der Waals surface area contributed by atoms with Crippen molar-refractivity contribution < 1.29 is 4.79 Å². The van der Waals surface area contributed by atoms with Crippen molar-refractivity contribution in [2.45, 2.75) is 52.5 Å². The number of benzene rings is 1. The summed E-state index contributed by atoms with van der Waals surface area (Å²) in [4.78, 5) is 14.9. The number of halogens is 2. The molecule has 2 heterocycles. The molecule has 0 aromatic heterocycles. The summed E-state index contributed by atoms with van der Waals surface area (Å²) in [5.41, 5.74) is 2.25. The van der Waals surface area contributed by atoms with Crippen LogP contribution < -0.4 is 10.6 Å². The predicted octanol–water partition coefficient (Wildman–Crippen LogP) is 4.73. The van der Waals surface area contributed by atoms with Crippen LogP contribution in [0.4, 0.5) is 5.69 Å². The van der Waals surface area contributed by atoms with E-state index < -0.39 is 0 Å². The average Bonchev–Trinajstić information content (AvgIpc) is 2.64. The largest absolute Gasteiger partial charge is 0.326 e. The third-order valence-corrected chi connectivity index (χ3v) is 6.03. The summed E-state index contributed by atoms with van der Waals surface area (Å²) in [6.45, 7) is 10.2. The maximum Gasteiger partial charge on any atom is 0.224 e. The zero-order valence-corrected chi connectivity index (χ0v) is 18.9. The SMILES string of the molecule is CC1CCCN(Cc2ccc(NC(=O)CC(C)C3CCCNC3)cc2)C1.Cl.Cl. The van der Waals surface area contributed by atoms with E-state index in [0.29, 0.717) is 18.3 Å². The number of amides is 1. The number of hydrogen-bond acceptors (Lipinski definition) is 3. The molecule has 3 unspecified atom stereocenters. The van der Waals surface area contributed by atoms with Gasteiger partial charge in [-0.1, -0.05) is 26.0 Å². The Balaban J connectivity index is 0.00000196. The lowest BCUT2D eigenvalue weighted by atomic mass is 9.85. The van der Waals surface area contributed by atoms with Gasteiger partial charge in [0.1, 0.15) is 0 Å². The first-order valence-electron chi connectivity index (χ1n) is 10.4. The van der Waals surface area contributed by atoms with Gasteiger partial charge in [0.15, 0.2) is 0 Å². The van der Waals surface area contributed by atoms with Crippen molar-refractivity contribution in [2.75, 3.05) is 31.5 Å². The maximum absolute atomic E-state index is 12.4. The molecular weight excluding hydrogens is 393 g/mol. The third kappa shape index (κ3) is 7.90. The van der Waals surface area contributed by atoms with Crippen LogP contribution in [0.5, 0.6) is 0 Å². The second kappa shape index (κ2) is 12.7. The Bertz CT molecular complexity index is 576. The summed E-state index contributed by atoms with van der Waals surface area (Å²) >= 11 is 0. The van der Waals surface area contributed by atoms with Crippen molar-refractivity contribution in [1.29, 1.82) is 0 Å². The minimum absolute atomic E-state index is 0. The lowest BCUT2D eigenvalue weighted by Crippen LogP contribution is -2.34. The number of piperidine rings is 2. The fourth-order valence-electron chi connectivity index (χ4n) is 4.42. The van der Waals surface area contributed by atoms with Crippen LogP contribution in [-0.2, 0) is 11.3 Å². The van der Waals surface area contributed by atoms with E-state index in [1.165, 1.54) is 44.3 Å². The monoisotopic (exact) mass is 429 g/mol. The maximum atomic E-state index is 12.4. The van der Waals surface area contributed by atoms with Gasteiger partial charge in [0.2, 0.25) is 5.91 Å². The van der Waals surface area contributed by atoms with Gasteiger partial charge < -0.3 is 10.6 Å². The Labute approximate surface area is 183 Å². The molecule has 0 aliphatic carbocycles. The number of rotatable bonds is 6. The van der Waals surface area contributed by atoms with Crippen molar-refractivity contribution in [1.82, 2.24) is 10.2 Å². The average molecular weight is 430 g/mol. The van der Waals surface area contributed by atoms with Gasteiger partial charge in [0.05, 0.1) is 0 Å². The second-order valence-corrected chi connectivity index (χ2v) is 8.52. The molecular formula is C22H37Cl2N3O. The van der Waals surface area contributed by atoms with Crippen LogP contribution in [0.3, 0.4) is 0 Å². The van der Waals surface area contributed by atoms with Crippen LogP contribution in [0.15, 0.2) is 24.3 Å². The Kier molecular flexibility index (Phi) is 11.4. The van der Waals surface area contributed by atoms with Crippen molar-refractivity contribution in [3.05, 3.63) is 29.8 Å². The molecule has 3 atom stereocenters. The molecule has 0 bridgehead atoms. The highest BCUT2D eigenvalue weighted by Gasteiger charge is 2.22. The molecule has 160 valence electrons. The van der Waals surface area contributed by atoms with Crippen LogP contribution in [0.1, 0.15) is 51.5 Å². The van der Waals surface area contributed by atoms with E-state index in [4.69, 9.17) is 0 Å². The molecule has 2 fully saturated rings. The van der Waals surface area contributed by atoms with E-state index in [1.807, 2.05) is 12.1 Å². The molecule has 2 N–H and O–H groups in total. The fraction of sp³-hybridized carbons (Fsp3) is 0.682. The quantitative estimate of drug-likeness (QED) is 0.686. The molecule has 1 aromatic carbocycles. The Morgan fingerprint density at radius 3 is 2.61 bits per heavy atom. The molecule has 3 rings (SSSR count). The highest BCUT2D eigenvalue weighted by atomic mass is 35.5. The van der Waals surface area contributed by atoms with Gasteiger partial charge >= 0.3 is 0 Å². The van der Waals surface area contributed by atoms with Crippen LogP contribution in [0.25, 0.3) is 0 Å². The second-order valence-electron chi connectivity index (χ2n) is 8.52. The summed E-state index contributed by atoms with van der Waals surface area (Å²) in [5.74, 6) is 2.01. The van der Waals surface area contributed by atoms with E-state index >= 15 is 0 Å². The van der Waals surface area contributed by atoms with E-state index in [9.17, 15) is 4.79 Å². The highest BCUT2D eigenvalue weighted by Crippen LogP contribution is 2.23. The number of anilines is 1. The summed E-state index contributed by atoms with van der Waals surface area (Å²) in [7, 11) is 0. The predicted molar refractivity (Wildman–Crippen MR) is 123 cm³/mol. The zero-order chi connectivity index (χ0) is 18.4. The molecule has 2 saturated heterocycles. The van der Waals surface area contributed by atoms with Crippen molar-refractivity contribution in [2.24, 2.45) is 17.8 Å². The molecule has 0 saturated carbocycles. The zero-order valence-electron chi connectivity index (χ0n) is 17.3. The molecule has 0 radical (unpaired) electrons. The first-order valence-corrected chi connectivity index (χ1v) is 10.4. The van der Waals surface area contributed by atoms with Crippen LogP contribution >= 0.6 is 24.8 Å². The van der Waals surface area contributed by atoms with Crippen LogP contribution in [0.2, 0.25) is 0 Å². The summed E-state index contributed by atoms with van der Waals surface area (Å²) in [6.07, 6.45) is 5.75. The lowest BCUT2D eigenvalue weighted by molar-refractivity contribution is -0.117. The number of nitrogens with one attached hydrogen (secondary N) is 2. The molecule has 2 aliphatic heterocycles. The Hall–Kier alpha value is -0.810. The Morgan fingerprint density at radius 2 is 1.96 bits per heavy atom. The van der Waals surface area contributed by atoms with Gasteiger partial charge in [-0.05, 0) is 80.8 Å². The molecule has 1 amide bonds. The summed E-state index contributed by atoms with van der Waals surface area (Å²) in [5, 5.41) is 6.52. The molecule has 1 aromatic rings. The van der Waals surface area contributed by atoms with Gasteiger partial charge in [-0.3, -0.25) is 9.69 Å². The number of likely N-dealkylation sites (tertiary alicyclic amines) is 1. The molecule has 0 spiro atoms. The first kappa shape index (κ1) is 25.2. The standard InChI is InChI=1S/C22H35N3O.2ClH/c1-17-5-4-12-25(15-17)16-19-7-9-21(10-8-19)24-22(26)13-18(2)20-6-3-11-23-14-20;;/h7-10,17-18,20,23H,3-6,11-16H2,1-2H3,(H,24,26);2*1H. The van der Waals surface area contributed by atoms with E-state index in [-0.39, 0.29) is 30.7 Å². The smallest absolute Gasteiger partial charge is 0.224 e. The van der Waals surface area contributed by atoms with Crippen molar-refractivity contribution >= 4 is 36.4 Å². The van der Waals surface area contributed by atoms with Crippen LogP contribution in [-0.4, -0.2) is 37.0 Å². The summed E-state index contributed by atoms with van der Waals surface area (Å²) < 4.78 is 0. The van der Waals surface area contributed by atoms with Gasteiger partial charge in [-0.15, -0.1) is 24.8 Å². The first-order chi connectivity index (χ1) is 12.6. The van der Waals surface area contributed by atoms with Gasteiger partial charge in [0, 0.05) is 25.2 Å². The molecule has 4 nitrogen and oxygen atoms in total. The number of carbonyl (C=O) groups is 1. The van der Waals surface area contributed by atoms with E-state index in [0.717, 1.165) is 31.2 Å². The minimum atomic E-state index is 0. The van der Waals surface area contributed by atoms with E-state index in [1.54, 1.807) is 0 Å². The van der Waals surface area contributed by atoms with E-state index in [2.05, 4.69) is 41.5 Å². The van der Waals surface area contributed by atoms with Gasteiger partial charge in [0.25, 0.3) is 0 Å². The van der Waals surface area contributed by atoms with Gasteiger partial charge in [-0.25, -0.2) is 0 Å². The topological polar surface area (TPSA) is 44.4 Å².